The molecule has 0 spiro atoms. The maximum atomic E-state index is 11.9. The molecular weight excluding hydrogens is 262 g/mol. The molecular formula is C10H15NO4S2. The first-order chi connectivity index (χ1) is 7.93. The van der Waals surface area contributed by atoms with Gasteiger partial charge in [-0.2, -0.15) is 0 Å². The molecule has 0 aromatic heterocycles. The van der Waals surface area contributed by atoms with E-state index in [0.29, 0.717) is 11.5 Å². The molecule has 2 atom stereocenters. The molecule has 2 unspecified atom stereocenters. The first kappa shape index (κ1) is 14.4. The maximum Gasteiger partial charge on any atom is 0.327 e. The van der Waals surface area contributed by atoms with Crippen LogP contribution in [0.15, 0.2) is 0 Å². The molecule has 0 aromatic carbocycles. The van der Waals surface area contributed by atoms with Crippen molar-refractivity contribution in [3.8, 4) is 0 Å². The Morgan fingerprint density at radius 2 is 2.12 bits per heavy atom. The molecule has 1 rings (SSSR count). The predicted octanol–water partition coefficient (Wildman–Crippen LogP) is 1.03. The summed E-state index contributed by atoms with van der Waals surface area (Å²) in [6, 6.07) is -0.732. The molecule has 5 nitrogen and oxygen atoms in total. The van der Waals surface area contributed by atoms with E-state index in [2.05, 4.69) is 0 Å². The van der Waals surface area contributed by atoms with E-state index in [0.717, 1.165) is 11.8 Å². The van der Waals surface area contributed by atoms with E-state index < -0.39 is 12.0 Å². The molecule has 0 bridgehead atoms. The molecule has 1 fully saturated rings. The highest BCUT2D eigenvalue weighted by Crippen LogP contribution is 2.29. The first-order valence-electron chi connectivity index (χ1n) is 5.22. The predicted molar refractivity (Wildman–Crippen MR) is 67.9 cm³/mol. The fourth-order valence-corrected chi connectivity index (χ4v) is 3.38. The van der Waals surface area contributed by atoms with Crippen LogP contribution < -0.4 is 0 Å². The maximum absolute atomic E-state index is 11.9. The Kier molecular flexibility index (Phi) is 5.32. The van der Waals surface area contributed by atoms with Crippen molar-refractivity contribution in [2.45, 2.75) is 31.7 Å². The van der Waals surface area contributed by atoms with E-state index in [-0.39, 0.29) is 22.8 Å². The third-order valence-electron chi connectivity index (χ3n) is 2.42. The minimum atomic E-state index is -0.963. The van der Waals surface area contributed by atoms with E-state index in [9.17, 15) is 14.4 Å². The van der Waals surface area contributed by atoms with Gasteiger partial charge < -0.3 is 10.0 Å². The highest BCUT2D eigenvalue weighted by Gasteiger charge is 2.38. The molecule has 1 heterocycles. The lowest BCUT2D eigenvalue weighted by Crippen LogP contribution is -2.44. The van der Waals surface area contributed by atoms with Crippen molar-refractivity contribution in [3.05, 3.63) is 0 Å². The molecule has 96 valence electrons. The van der Waals surface area contributed by atoms with Crippen molar-refractivity contribution in [1.29, 1.82) is 0 Å². The van der Waals surface area contributed by atoms with Gasteiger partial charge in [-0.3, -0.25) is 9.59 Å². The lowest BCUT2D eigenvalue weighted by atomic mass is 10.2. The number of amides is 1. The van der Waals surface area contributed by atoms with Crippen molar-refractivity contribution in [1.82, 2.24) is 4.90 Å². The number of hydrogen-bond acceptors (Lipinski definition) is 5. The molecule has 1 aliphatic heterocycles. The van der Waals surface area contributed by atoms with Gasteiger partial charge in [0.2, 0.25) is 5.91 Å². The average Bonchev–Trinajstić information content (AvgIpc) is 2.59. The number of aliphatic carboxylic acids is 1. The van der Waals surface area contributed by atoms with Crippen LogP contribution in [0.5, 0.6) is 0 Å². The number of hydrogen-bond donors (Lipinski definition) is 1. The Balaban J connectivity index is 2.53. The number of carboxylic acid groups (broad SMARTS) is 1. The Bertz CT molecular complexity index is 334. The van der Waals surface area contributed by atoms with Crippen molar-refractivity contribution in [3.63, 3.8) is 0 Å². The lowest BCUT2D eigenvalue weighted by molar-refractivity contribution is -0.148. The number of thioether (sulfide) groups is 2. The molecule has 1 N–H and O–H groups in total. The topological polar surface area (TPSA) is 74.7 Å². The number of carbonyl (C=O) groups is 3. The van der Waals surface area contributed by atoms with Gasteiger partial charge in [0.15, 0.2) is 5.12 Å². The highest BCUT2D eigenvalue weighted by molar-refractivity contribution is 8.13. The third-order valence-corrected chi connectivity index (χ3v) is 4.45. The van der Waals surface area contributed by atoms with Crippen molar-refractivity contribution in [2.75, 3.05) is 11.5 Å². The van der Waals surface area contributed by atoms with Gasteiger partial charge in [-0.25, -0.2) is 4.79 Å². The standard InChI is InChI=1S/C10H15NO4S2/c1-6-11(8(5-17-6)10(14)15)9(13)3-4-16-7(2)12/h6,8H,3-5H2,1-2H3,(H,14,15). The fourth-order valence-electron chi connectivity index (χ4n) is 1.62. The van der Waals surface area contributed by atoms with Crippen LogP contribution in [0.4, 0.5) is 0 Å². The second kappa shape index (κ2) is 6.30. The second-order valence-corrected chi connectivity index (χ2v) is 6.30. The molecule has 1 saturated heterocycles. The van der Waals surface area contributed by atoms with Gasteiger partial charge in [-0.15, -0.1) is 11.8 Å². The number of carbonyl (C=O) groups excluding carboxylic acids is 2. The molecule has 0 aromatic rings. The van der Waals surface area contributed by atoms with Gasteiger partial charge in [0.25, 0.3) is 0 Å². The summed E-state index contributed by atoms with van der Waals surface area (Å²) in [4.78, 5) is 35.0. The molecule has 0 aliphatic carbocycles. The first-order valence-corrected chi connectivity index (χ1v) is 7.26. The lowest BCUT2D eigenvalue weighted by Gasteiger charge is -2.24. The minimum absolute atomic E-state index is 0.0311. The SMILES string of the molecule is CC(=O)SCCC(=O)N1C(C)SCC1C(=O)O. The van der Waals surface area contributed by atoms with Crippen molar-refractivity contribution < 1.29 is 19.5 Å². The zero-order valence-corrected chi connectivity index (χ0v) is 11.3. The number of carboxylic acids is 1. The number of rotatable bonds is 4. The summed E-state index contributed by atoms with van der Waals surface area (Å²) in [6.07, 6.45) is 0.207. The van der Waals surface area contributed by atoms with E-state index in [1.165, 1.54) is 23.6 Å². The largest absolute Gasteiger partial charge is 0.480 e. The summed E-state index contributed by atoms with van der Waals surface area (Å²) in [7, 11) is 0. The van der Waals surface area contributed by atoms with Crippen LogP contribution in [-0.4, -0.2) is 49.9 Å². The highest BCUT2D eigenvalue weighted by atomic mass is 32.2. The number of nitrogens with zero attached hydrogens (tertiary/aromatic N) is 1. The van der Waals surface area contributed by atoms with E-state index in [1.54, 1.807) is 0 Å². The van der Waals surface area contributed by atoms with Crippen LogP contribution in [0.3, 0.4) is 0 Å². The molecule has 17 heavy (non-hydrogen) atoms. The van der Waals surface area contributed by atoms with Crippen LogP contribution in [0.2, 0.25) is 0 Å². The molecule has 0 radical (unpaired) electrons. The summed E-state index contributed by atoms with van der Waals surface area (Å²) < 4.78 is 0. The van der Waals surface area contributed by atoms with Crippen LogP contribution in [-0.2, 0) is 14.4 Å². The zero-order valence-electron chi connectivity index (χ0n) is 9.71. The van der Waals surface area contributed by atoms with Gasteiger partial charge in [0, 0.05) is 24.9 Å². The summed E-state index contributed by atoms with van der Waals surface area (Å²) in [5.41, 5.74) is 0. The third kappa shape index (κ3) is 3.92. The normalized spacial score (nSPS) is 23.8. The van der Waals surface area contributed by atoms with E-state index >= 15 is 0 Å². The Hall–Kier alpha value is -0.690. The smallest absolute Gasteiger partial charge is 0.327 e. The van der Waals surface area contributed by atoms with Crippen LogP contribution >= 0.6 is 23.5 Å². The molecule has 1 amide bonds. The van der Waals surface area contributed by atoms with Gasteiger partial charge in [0.1, 0.15) is 6.04 Å². The van der Waals surface area contributed by atoms with E-state index in [4.69, 9.17) is 5.11 Å². The average molecular weight is 277 g/mol. The Morgan fingerprint density at radius 1 is 1.47 bits per heavy atom. The van der Waals surface area contributed by atoms with Crippen LogP contribution in [0, 0.1) is 0 Å². The Labute approximate surface area is 108 Å². The quantitative estimate of drug-likeness (QED) is 0.827. The van der Waals surface area contributed by atoms with Gasteiger partial charge in [0.05, 0.1) is 5.37 Å². The van der Waals surface area contributed by atoms with Crippen molar-refractivity contribution >= 4 is 40.5 Å². The van der Waals surface area contributed by atoms with Gasteiger partial charge >= 0.3 is 5.97 Å². The molecule has 1 aliphatic rings. The van der Waals surface area contributed by atoms with Crippen LogP contribution in [0.25, 0.3) is 0 Å². The van der Waals surface area contributed by atoms with E-state index in [1.807, 2.05) is 6.92 Å². The fraction of sp³-hybridized carbons (Fsp3) is 0.700. The monoisotopic (exact) mass is 277 g/mol. The summed E-state index contributed by atoms with van der Waals surface area (Å²) in [5.74, 6) is -0.311. The molecule has 7 heteroatoms. The molecule has 0 saturated carbocycles. The zero-order chi connectivity index (χ0) is 13.0. The second-order valence-electron chi connectivity index (χ2n) is 3.68. The summed E-state index contributed by atoms with van der Waals surface area (Å²) >= 11 is 2.55. The summed E-state index contributed by atoms with van der Waals surface area (Å²) in [5, 5.41) is 8.86. The minimum Gasteiger partial charge on any atom is -0.480 e. The van der Waals surface area contributed by atoms with Gasteiger partial charge in [-0.05, 0) is 6.92 Å². The Morgan fingerprint density at radius 3 is 2.65 bits per heavy atom. The van der Waals surface area contributed by atoms with Crippen molar-refractivity contribution in [2.24, 2.45) is 0 Å². The van der Waals surface area contributed by atoms with Gasteiger partial charge in [-0.1, -0.05) is 11.8 Å². The van der Waals surface area contributed by atoms with Crippen LogP contribution in [0.1, 0.15) is 20.3 Å². The summed E-state index contributed by atoms with van der Waals surface area (Å²) in [6.45, 7) is 3.27.